The summed E-state index contributed by atoms with van der Waals surface area (Å²) < 4.78 is 0. The van der Waals surface area contributed by atoms with Gasteiger partial charge in [-0.2, -0.15) is 0 Å². The average Bonchev–Trinajstić information content (AvgIpc) is 2.31. The van der Waals surface area contributed by atoms with Crippen molar-refractivity contribution in [2.75, 3.05) is 7.05 Å². The number of thiocarbonyl (C=S) groups is 1. The molecule has 0 aromatic carbocycles. The predicted molar refractivity (Wildman–Crippen MR) is 67.3 cm³/mol. The van der Waals surface area contributed by atoms with Crippen LogP contribution in [0.25, 0.3) is 0 Å². The van der Waals surface area contributed by atoms with Crippen molar-refractivity contribution in [3.05, 3.63) is 0 Å². The molecule has 8 heteroatoms. The molecule has 0 saturated carbocycles. The van der Waals surface area contributed by atoms with Gasteiger partial charge in [0.25, 0.3) is 0 Å². The first-order chi connectivity index (χ1) is 7.92. The molecule has 0 spiro atoms. The standard InChI is InChI=1S/C9H18N4O3S/c1-4-6(11-9(15)16)5(2)7(14)12-13-8(17)10-3/h5-6,11H,4H2,1-3H3,(H,12,14)(H,15,16)(H2,10,13,17)/t5-,6?/m0/s1. The van der Waals surface area contributed by atoms with Gasteiger partial charge in [-0.1, -0.05) is 13.8 Å². The van der Waals surface area contributed by atoms with E-state index in [-0.39, 0.29) is 11.0 Å². The summed E-state index contributed by atoms with van der Waals surface area (Å²) in [7, 11) is 1.62. The Morgan fingerprint density at radius 1 is 1.35 bits per heavy atom. The summed E-state index contributed by atoms with van der Waals surface area (Å²) in [4.78, 5) is 22.2. The minimum absolute atomic E-state index is 0.282. The largest absolute Gasteiger partial charge is 0.465 e. The molecule has 0 rings (SSSR count). The molecule has 0 aliphatic heterocycles. The molecule has 0 aromatic rings. The van der Waals surface area contributed by atoms with Gasteiger partial charge < -0.3 is 15.7 Å². The van der Waals surface area contributed by atoms with Crippen molar-refractivity contribution in [3.8, 4) is 0 Å². The molecule has 7 nitrogen and oxygen atoms in total. The van der Waals surface area contributed by atoms with Crippen molar-refractivity contribution in [1.29, 1.82) is 0 Å². The molecule has 0 saturated heterocycles. The van der Waals surface area contributed by atoms with E-state index in [1.54, 1.807) is 20.9 Å². The monoisotopic (exact) mass is 262 g/mol. The maximum Gasteiger partial charge on any atom is 0.404 e. The second-order valence-electron chi connectivity index (χ2n) is 3.45. The van der Waals surface area contributed by atoms with Crippen LogP contribution < -0.4 is 21.5 Å². The second kappa shape index (κ2) is 7.66. The van der Waals surface area contributed by atoms with Gasteiger partial charge >= 0.3 is 6.09 Å². The zero-order chi connectivity index (χ0) is 13.4. The summed E-state index contributed by atoms with van der Waals surface area (Å²) in [6.07, 6.45) is -0.618. The van der Waals surface area contributed by atoms with Gasteiger partial charge in [0.15, 0.2) is 5.11 Å². The number of rotatable bonds is 4. The van der Waals surface area contributed by atoms with E-state index in [0.717, 1.165) is 0 Å². The van der Waals surface area contributed by atoms with E-state index in [0.29, 0.717) is 6.42 Å². The first-order valence-electron chi connectivity index (χ1n) is 5.19. The third kappa shape index (κ3) is 5.91. The number of hydrogen-bond donors (Lipinski definition) is 5. The van der Waals surface area contributed by atoms with Crippen LogP contribution in [0, 0.1) is 5.92 Å². The van der Waals surface area contributed by atoms with Gasteiger partial charge in [-0.05, 0) is 18.6 Å². The number of nitrogens with one attached hydrogen (secondary N) is 4. The molecule has 0 aliphatic rings. The van der Waals surface area contributed by atoms with Gasteiger partial charge in [0.1, 0.15) is 0 Å². The molecule has 98 valence electrons. The lowest BCUT2D eigenvalue weighted by atomic mass is 9.99. The Morgan fingerprint density at radius 2 is 1.94 bits per heavy atom. The molecule has 0 fully saturated rings. The number of amides is 2. The summed E-state index contributed by atoms with van der Waals surface area (Å²) in [5.74, 6) is -0.827. The van der Waals surface area contributed by atoms with E-state index in [1.165, 1.54) is 0 Å². The first kappa shape index (κ1) is 15.4. The number of carboxylic acid groups (broad SMARTS) is 1. The minimum atomic E-state index is -1.14. The Balaban J connectivity index is 4.25. The van der Waals surface area contributed by atoms with Crippen molar-refractivity contribution in [3.63, 3.8) is 0 Å². The van der Waals surface area contributed by atoms with Crippen LogP contribution in [0.4, 0.5) is 4.79 Å². The molecule has 0 heterocycles. The molecule has 0 radical (unpaired) electrons. The molecule has 1 unspecified atom stereocenters. The molecule has 17 heavy (non-hydrogen) atoms. The molecular formula is C9H18N4O3S. The Hall–Kier alpha value is -1.57. The normalized spacial score (nSPS) is 13.1. The van der Waals surface area contributed by atoms with E-state index in [2.05, 4.69) is 21.5 Å². The van der Waals surface area contributed by atoms with E-state index in [9.17, 15) is 9.59 Å². The lowest BCUT2D eigenvalue weighted by molar-refractivity contribution is -0.125. The predicted octanol–water partition coefficient (Wildman–Crippen LogP) is -0.206. The first-order valence-corrected chi connectivity index (χ1v) is 5.60. The Kier molecular flexibility index (Phi) is 6.95. The van der Waals surface area contributed by atoms with Crippen LogP contribution in [-0.4, -0.2) is 35.3 Å². The van der Waals surface area contributed by atoms with Gasteiger partial charge in [0.05, 0.1) is 5.92 Å². The molecule has 2 amide bonds. The summed E-state index contributed by atoms with van der Waals surface area (Å²) in [6, 6.07) is -0.433. The highest BCUT2D eigenvalue weighted by Crippen LogP contribution is 2.06. The zero-order valence-corrected chi connectivity index (χ0v) is 10.9. The summed E-state index contributed by atoms with van der Waals surface area (Å²) in [5, 5.41) is 13.8. The van der Waals surface area contributed by atoms with Crippen LogP contribution in [0.3, 0.4) is 0 Å². The van der Waals surface area contributed by atoms with Gasteiger partial charge in [-0.3, -0.25) is 15.6 Å². The second-order valence-corrected chi connectivity index (χ2v) is 3.85. The summed E-state index contributed by atoms with van der Waals surface area (Å²) in [5.41, 5.74) is 4.89. The van der Waals surface area contributed by atoms with Crippen molar-refractivity contribution >= 4 is 29.3 Å². The molecule has 0 bridgehead atoms. The van der Waals surface area contributed by atoms with Gasteiger partial charge in [-0.15, -0.1) is 0 Å². The molecule has 5 N–H and O–H groups in total. The summed E-state index contributed by atoms with van der Waals surface area (Å²) in [6.45, 7) is 3.44. The van der Waals surface area contributed by atoms with Crippen molar-refractivity contribution < 1.29 is 14.7 Å². The maximum atomic E-state index is 11.7. The fraction of sp³-hybridized carbons (Fsp3) is 0.667. The lowest BCUT2D eigenvalue weighted by Crippen LogP contribution is -2.51. The number of hydrazine groups is 1. The minimum Gasteiger partial charge on any atom is -0.465 e. The fourth-order valence-electron chi connectivity index (χ4n) is 1.22. The van der Waals surface area contributed by atoms with Gasteiger partial charge in [-0.25, -0.2) is 4.79 Å². The molecule has 0 aliphatic carbocycles. The highest BCUT2D eigenvalue weighted by molar-refractivity contribution is 7.80. The highest BCUT2D eigenvalue weighted by Gasteiger charge is 2.23. The van der Waals surface area contributed by atoms with Gasteiger partial charge in [0.2, 0.25) is 5.91 Å². The quantitative estimate of drug-likeness (QED) is 0.355. The Morgan fingerprint density at radius 3 is 2.35 bits per heavy atom. The average molecular weight is 262 g/mol. The van der Waals surface area contributed by atoms with Crippen LogP contribution in [0.5, 0.6) is 0 Å². The Bertz CT molecular complexity index is 298. The van der Waals surface area contributed by atoms with Crippen LogP contribution >= 0.6 is 12.2 Å². The zero-order valence-electron chi connectivity index (χ0n) is 10.0. The van der Waals surface area contributed by atoms with E-state index in [4.69, 9.17) is 17.3 Å². The lowest BCUT2D eigenvalue weighted by Gasteiger charge is -2.22. The molecule has 2 atom stereocenters. The van der Waals surface area contributed by atoms with E-state index in [1.807, 2.05) is 0 Å². The topological polar surface area (TPSA) is 102 Å². The maximum absolute atomic E-state index is 11.7. The number of carbonyl (C=O) groups excluding carboxylic acids is 1. The van der Waals surface area contributed by atoms with Crippen LogP contribution in [0.2, 0.25) is 0 Å². The third-order valence-electron chi connectivity index (χ3n) is 2.29. The fourth-order valence-corrected chi connectivity index (χ4v) is 1.27. The van der Waals surface area contributed by atoms with Crippen molar-refractivity contribution in [2.45, 2.75) is 26.3 Å². The highest BCUT2D eigenvalue weighted by atomic mass is 32.1. The molecule has 0 aromatic heterocycles. The number of carbonyl (C=O) groups is 2. The Labute approximate surface area is 105 Å². The van der Waals surface area contributed by atoms with E-state index < -0.39 is 18.1 Å². The number of hydrogen-bond acceptors (Lipinski definition) is 3. The molecular weight excluding hydrogens is 244 g/mol. The summed E-state index contributed by atoms with van der Waals surface area (Å²) >= 11 is 4.78. The third-order valence-corrected chi connectivity index (χ3v) is 2.60. The smallest absolute Gasteiger partial charge is 0.404 e. The van der Waals surface area contributed by atoms with Crippen LogP contribution in [0.15, 0.2) is 0 Å². The van der Waals surface area contributed by atoms with Crippen molar-refractivity contribution in [2.24, 2.45) is 5.92 Å². The van der Waals surface area contributed by atoms with Crippen LogP contribution in [-0.2, 0) is 4.79 Å². The van der Waals surface area contributed by atoms with Crippen LogP contribution in [0.1, 0.15) is 20.3 Å². The van der Waals surface area contributed by atoms with Gasteiger partial charge in [0, 0.05) is 13.1 Å². The SMILES string of the molecule is CCC(NC(=O)O)[C@H](C)C(=O)NNC(=S)NC. The van der Waals surface area contributed by atoms with E-state index >= 15 is 0 Å². The van der Waals surface area contributed by atoms with Crippen molar-refractivity contribution in [1.82, 2.24) is 21.5 Å².